The van der Waals surface area contributed by atoms with Gasteiger partial charge >= 0.3 is 6.18 Å². The molecule has 0 aromatic heterocycles. The van der Waals surface area contributed by atoms with Gasteiger partial charge in [0.05, 0.1) is 5.56 Å². The Morgan fingerprint density at radius 3 is 2.43 bits per heavy atom. The number of rotatable bonds is 3. The smallest absolute Gasteiger partial charge is 0.314 e. The van der Waals surface area contributed by atoms with Crippen molar-refractivity contribution in [2.45, 2.75) is 31.5 Å². The number of halogens is 3. The van der Waals surface area contributed by atoms with Crippen molar-refractivity contribution in [3.8, 4) is 0 Å². The molecule has 0 unspecified atom stereocenters. The normalized spacial score (nSPS) is 22.8. The maximum Gasteiger partial charge on any atom is 0.416 e. The fraction of sp³-hybridized carbons (Fsp3) is 0.625. The SMILES string of the molecule is FC(F)(F)c1cccc([C@H](C2CCC2)N2CCNCC2)c1. The van der Waals surface area contributed by atoms with Crippen molar-refractivity contribution in [3.63, 3.8) is 0 Å². The molecule has 1 aromatic rings. The number of nitrogens with zero attached hydrogens (tertiary/aromatic N) is 1. The number of piperazine rings is 1. The van der Waals surface area contributed by atoms with Gasteiger partial charge in [-0.05, 0) is 36.5 Å². The van der Waals surface area contributed by atoms with Crippen LogP contribution in [-0.2, 0) is 6.18 Å². The van der Waals surface area contributed by atoms with Crippen molar-refractivity contribution in [3.05, 3.63) is 35.4 Å². The maximum absolute atomic E-state index is 12.9. The molecule has 0 radical (unpaired) electrons. The van der Waals surface area contributed by atoms with Crippen molar-refractivity contribution in [1.29, 1.82) is 0 Å². The van der Waals surface area contributed by atoms with Crippen LogP contribution >= 0.6 is 0 Å². The number of benzene rings is 1. The Morgan fingerprint density at radius 1 is 1.14 bits per heavy atom. The lowest BCUT2D eigenvalue weighted by molar-refractivity contribution is -0.137. The average Bonchev–Trinajstić information content (AvgIpc) is 2.43. The molecule has 1 aliphatic heterocycles. The third-order valence-corrected chi connectivity index (χ3v) is 4.70. The van der Waals surface area contributed by atoms with Gasteiger partial charge in [-0.2, -0.15) is 13.2 Å². The van der Waals surface area contributed by atoms with E-state index in [1.165, 1.54) is 18.6 Å². The number of hydrogen-bond donors (Lipinski definition) is 1. The van der Waals surface area contributed by atoms with E-state index in [2.05, 4.69) is 10.2 Å². The fourth-order valence-corrected chi connectivity index (χ4v) is 3.40. The van der Waals surface area contributed by atoms with Crippen molar-refractivity contribution in [2.24, 2.45) is 5.92 Å². The van der Waals surface area contributed by atoms with E-state index in [9.17, 15) is 13.2 Å². The second-order valence-corrected chi connectivity index (χ2v) is 6.05. The number of alkyl halides is 3. The molecular weight excluding hydrogens is 277 g/mol. The molecule has 1 saturated carbocycles. The maximum atomic E-state index is 12.9. The topological polar surface area (TPSA) is 15.3 Å². The molecule has 2 aliphatic rings. The van der Waals surface area contributed by atoms with Gasteiger partial charge in [0.1, 0.15) is 0 Å². The molecule has 0 amide bonds. The molecule has 1 N–H and O–H groups in total. The van der Waals surface area contributed by atoms with Gasteiger partial charge in [0, 0.05) is 32.2 Å². The minimum atomic E-state index is -4.26. The largest absolute Gasteiger partial charge is 0.416 e. The van der Waals surface area contributed by atoms with Crippen LogP contribution in [0.25, 0.3) is 0 Å². The second kappa shape index (κ2) is 5.97. The van der Waals surface area contributed by atoms with Crippen molar-refractivity contribution in [2.75, 3.05) is 26.2 Å². The summed E-state index contributed by atoms with van der Waals surface area (Å²) in [5.41, 5.74) is 0.302. The molecule has 2 nitrogen and oxygen atoms in total. The Morgan fingerprint density at radius 2 is 1.86 bits per heavy atom. The first-order valence-corrected chi connectivity index (χ1v) is 7.67. The third-order valence-electron chi connectivity index (χ3n) is 4.70. The summed E-state index contributed by atoms with van der Waals surface area (Å²) >= 11 is 0. The molecule has 3 rings (SSSR count). The standard InChI is InChI=1S/C16H21F3N2/c17-16(18,19)14-6-2-5-13(11-14)15(12-3-1-4-12)21-9-7-20-8-10-21/h2,5-6,11-12,15,20H,1,3-4,7-10H2/t15-/m0/s1. The second-order valence-electron chi connectivity index (χ2n) is 6.05. The van der Waals surface area contributed by atoms with E-state index in [0.29, 0.717) is 5.92 Å². The Bertz CT molecular complexity index is 477. The molecule has 2 fully saturated rings. The number of nitrogens with one attached hydrogen (secondary N) is 1. The molecule has 1 aromatic carbocycles. The van der Waals surface area contributed by atoms with E-state index in [1.807, 2.05) is 6.07 Å². The number of hydrogen-bond acceptors (Lipinski definition) is 2. The van der Waals surface area contributed by atoms with E-state index in [1.54, 1.807) is 6.07 Å². The summed E-state index contributed by atoms with van der Waals surface area (Å²) in [6.07, 6.45) is -0.800. The van der Waals surface area contributed by atoms with Gasteiger partial charge in [-0.3, -0.25) is 4.90 Å². The summed E-state index contributed by atoms with van der Waals surface area (Å²) < 4.78 is 38.8. The lowest BCUT2D eigenvalue weighted by Gasteiger charge is -2.43. The van der Waals surface area contributed by atoms with Gasteiger partial charge in [0.15, 0.2) is 0 Å². The highest BCUT2D eigenvalue weighted by Crippen LogP contribution is 2.42. The summed E-state index contributed by atoms with van der Waals surface area (Å²) in [7, 11) is 0. The summed E-state index contributed by atoms with van der Waals surface area (Å²) in [6.45, 7) is 3.67. The van der Waals surface area contributed by atoms with E-state index < -0.39 is 11.7 Å². The molecular formula is C16H21F3N2. The van der Waals surface area contributed by atoms with E-state index >= 15 is 0 Å². The van der Waals surface area contributed by atoms with Crippen molar-refractivity contribution < 1.29 is 13.2 Å². The van der Waals surface area contributed by atoms with Gasteiger partial charge in [-0.15, -0.1) is 0 Å². The van der Waals surface area contributed by atoms with Gasteiger partial charge in [0.25, 0.3) is 0 Å². The van der Waals surface area contributed by atoms with E-state index in [-0.39, 0.29) is 6.04 Å². The summed E-state index contributed by atoms with van der Waals surface area (Å²) in [6, 6.07) is 6.07. The molecule has 21 heavy (non-hydrogen) atoms. The van der Waals surface area contributed by atoms with Crippen LogP contribution < -0.4 is 5.32 Å². The minimum absolute atomic E-state index is 0.142. The van der Waals surface area contributed by atoms with Crippen LogP contribution in [0.4, 0.5) is 13.2 Å². The molecule has 0 bridgehead atoms. The van der Waals surface area contributed by atoms with E-state index in [0.717, 1.165) is 44.6 Å². The zero-order chi connectivity index (χ0) is 14.9. The Balaban J connectivity index is 1.88. The Kier molecular flexibility index (Phi) is 4.22. The van der Waals surface area contributed by atoms with Gasteiger partial charge < -0.3 is 5.32 Å². The van der Waals surface area contributed by atoms with Crippen LogP contribution in [0.15, 0.2) is 24.3 Å². The van der Waals surface area contributed by atoms with Crippen LogP contribution in [0.1, 0.15) is 36.4 Å². The first-order chi connectivity index (χ1) is 10.1. The quantitative estimate of drug-likeness (QED) is 0.919. The van der Waals surface area contributed by atoms with Crippen molar-refractivity contribution >= 4 is 0 Å². The van der Waals surface area contributed by atoms with E-state index in [4.69, 9.17) is 0 Å². The van der Waals surface area contributed by atoms with Crippen LogP contribution in [0.5, 0.6) is 0 Å². The minimum Gasteiger partial charge on any atom is -0.314 e. The predicted octanol–water partition coefficient (Wildman–Crippen LogP) is 3.45. The molecule has 0 spiro atoms. The molecule has 1 heterocycles. The zero-order valence-corrected chi connectivity index (χ0v) is 12.0. The lowest BCUT2D eigenvalue weighted by Crippen LogP contribution is -2.47. The summed E-state index contributed by atoms with van der Waals surface area (Å²) in [5, 5.41) is 3.31. The highest BCUT2D eigenvalue weighted by atomic mass is 19.4. The highest BCUT2D eigenvalue weighted by molar-refractivity contribution is 5.29. The zero-order valence-electron chi connectivity index (χ0n) is 12.0. The van der Waals surface area contributed by atoms with Crippen LogP contribution in [0.3, 0.4) is 0 Å². The van der Waals surface area contributed by atoms with Gasteiger partial charge in [-0.25, -0.2) is 0 Å². The molecule has 5 heteroatoms. The first-order valence-electron chi connectivity index (χ1n) is 7.67. The third kappa shape index (κ3) is 3.24. The average molecular weight is 298 g/mol. The van der Waals surface area contributed by atoms with Crippen LogP contribution in [-0.4, -0.2) is 31.1 Å². The van der Waals surface area contributed by atoms with Crippen molar-refractivity contribution in [1.82, 2.24) is 10.2 Å². The molecule has 1 saturated heterocycles. The Labute approximate surface area is 123 Å². The highest BCUT2D eigenvalue weighted by Gasteiger charge is 2.36. The van der Waals surface area contributed by atoms with Crippen LogP contribution in [0, 0.1) is 5.92 Å². The summed E-state index contributed by atoms with van der Waals surface area (Å²) in [5.74, 6) is 0.506. The lowest BCUT2D eigenvalue weighted by atomic mass is 9.76. The molecule has 1 atom stereocenters. The first kappa shape index (κ1) is 14.9. The van der Waals surface area contributed by atoms with Gasteiger partial charge in [-0.1, -0.05) is 18.6 Å². The van der Waals surface area contributed by atoms with Crippen LogP contribution in [0.2, 0.25) is 0 Å². The van der Waals surface area contributed by atoms with Gasteiger partial charge in [0.2, 0.25) is 0 Å². The molecule has 1 aliphatic carbocycles. The summed E-state index contributed by atoms with van der Waals surface area (Å²) in [4.78, 5) is 2.36. The predicted molar refractivity (Wildman–Crippen MR) is 76.0 cm³/mol. The Hall–Kier alpha value is -1.07. The molecule has 116 valence electrons. The monoisotopic (exact) mass is 298 g/mol. The fourth-order valence-electron chi connectivity index (χ4n) is 3.40.